The smallest absolute Gasteiger partial charge is 0.00967 e. The minimum absolute atomic E-state index is 0.593. The van der Waals surface area contributed by atoms with E-state index in [1.165, 1.54) is 64.7 Å². The van der Waals surface area contributed by atoms with Crippen molar-refractivity contribution < 1.29 is 0 Å². The molecule has 112 valence electrons. The molecule has 3 aliphatic carbocycles. The lowest BCUT2D eigenvalue weighted by molar-refractivity contribution is -0.151. The first-order valence-corrected chi connectivity index (χ1v) is 9.18. The molecule has 2 heterocycles. The van der Waals surface area contributed by atoms with E-state index < -0.39 is 0 Å². The highest BCUT2D eigenvalue weighted by atomic mass is 15.3. The molecule has 0 atom stereocenters. The van der Waals surface area contributed by atoms with Crippen molar-refractivity contribution in [2.45, 2.75) is 70.4 Å². The maximum atomic E-state index is 2.90. The molecule has 2 nitrogen and oxygen atoms in total. The van der Waals surface area contributed by atoms with Crippen molar-refractivity contribution in [1.82, 2.24) is 9.80 Å². The van der Waals surface area contributed by atoms with E-state index in [0.29, 0.717) is 5.41 Å². The van der Waals surface area contributed by atoms with Gasteiger partial charge in [0.05, 0.1) is 0 Å². The summed E-state index contributed by atoms with van der Waals surface area (Å²) in [6.45, 7) is 8.37. The molecular weight excluding hydrogens is 244 g/mol. The van der Waals surface area contributed by atoms with Gasteiger partial charge in [0.2, 0.25) is 0 Å². The van der Waals surface area contributed by atoms with Crippen molar-refractivity contribution >= 4 is 0 Å². The van der Waals surface area contributed by atoms with Gasteiger partial charge in [0.15, 0.2) is 0 Å². The van der Waals surface area contributed by atoms with Crippen LogP contribution in [0.3, 0.4) is 0 Å². The highest BCUT2D eigenvalue weighted by molar-refractivity contribution is 5.14. The van der Waals surface area contributed by atoms with Gasteiger partial charge in [-0.2, -0.15) is 0 Å². The summed E-state index contributed by atoms with van der Waals surface area (Å²) in [4.78, 5) is 5.80. The van der Waals surface area contributed by atoms with Gasteiger partial charge in [-0.1, -0.05) is 19.8 Å². The van der Waals surface area contributed by atoms with E-state index in [2.05, 4.69) is 16.7 Å². The molecule has 0 amide bonds. The SMILES string of the molecule is CC12CN(C3CC3)CC(CN(C3CC3)C1)C21CCCC1. The summed E-state index contributed by atoms with van der Waals surface area (Å²) < 4.78 is 0. The van der Waals surface area contributed by atoms with Crippen LogP contribution in [0.2, 0.25) is 0 Å². The molecule has 0 unspecified atom stereocenters. The summed E-state index contributed by atoms with van der Waals surface area (Å²) in [6, 6.07) is 1.95. The zero-order valence-corrected chi connectivity index (χ0v) is 13.1. The highest BCUT2D eigenvalue weighted by Gasteiger charge is 2.62. The summed E-state index contributed by atoms with van der Waals surface area (Å²) in [7, 11) is 0. The quantitative estimate of drug-likeness (QED) is 0.763. The molecule has 0 N–H and O–H groups in total. The molecule has 5 fully saturated rings. The number of piperidine rings is 2. The fraction of sp³-hybridized carbons (Fsp3) is 1.00. The van der Waals surface area contributed by atoms with Crippen molar-refractivity contribution in [3.8, 4) is 0 Å². The number of nitrogens with zero attached hydrogens (tertiary/aromatic N) is 2. The third kappa shape index (κ3) is 1.64. The van der Waals surface area contributed by atoms with E-state index in [4.69, 9.17) is 0 Å². The molecule has 2 saturated heterocycles. The van der Waals surface area contributed by atoms with Crippen molar-refractivity contribution in [1.29, 1.82) is 0 Å². The first-order valence-electron chi connectivity index (χ1n) is 9.18. The number of hydrogen-bond donors (Lipinski definition) is 0. The summed E-state index contributed by atoms with van der Waals surface area (Å²) in [5.74, 6) is 0.985. The molecular formula is C18H30N2. The van der Waals surface area contributed by atoms with E-state index in [1.807, 2.05) is 0 Å². The normalized spacial score (nSPS) is 45.1. The Bertz CT molecular complexity index is 380. The molecule has 2 heteroatoms. The summed E-state index contributed by atoms with van der Waals surface area (Å²) >= 11 is 0. The number of hydrogen-bond acceptors (Lipinski definition) is 2. The van der Waals surface area contributed by atoms with Crippen molar-refractivity contribution in [2.24, 2.45) is 16.7 Å². The van der Waals surface area contributed by atoms with Gasteiger partial charge in [-0.3, -0.25) is 9.80 Å². The van der Waals surface area contributed by atoms with E-state index in [9.17, 15) is 0 Å². The van der Waals surface area contributed by atoms with Crippen LogP contribution in [0.5, 0.6) is 0 Å². The molecule has 5 rings (SSSR count). The molecule has 0 radical (unpaired) electrons. The second kappa shape index (κ2) is 4.01. The van der Waals surface area contributed by atoms with Gasteiger partial charge in [0.1, 0.15) is 0 Å². The lowest BCUT2D eigenvalue weighted by Gasteiger charge is -2.64. The maximum absolute atomic E-state index is 2.90. The van der Waals surface area contributed by atoms with Gasteiger partial charge in [0.25, 0.3) is 0 Å². The largest absolute Gasteiger partial charge is 0.299 e. The number of likely N-dealkylation sites (tertiary alicyclic amines) is 2. The molecule has 1 spiro atoms. The Morgan fingerprint density at radius 3 is 1.70 bits per heavy atom. The van der Waals surface area contributed by atoms with Crippen LogP contribution in [-0.2, 0) is 0 Å². The second-order valence-electron chi connectivity index (χ2n) is 8.94. The van der Waals surface area contributed by atoms with Crippen LogP contribution in [0.4, 0.5) is 0 Å². The fourth-order valence-electron chi connectivity index (χ4n) is 6.31. The Labute approximate surface area is 123 Å². The average molecular weight is 274 g/mol. The Morgan fingerprint density at radius 1 is 0.800 bits per heavy atom. The minimum atomic E-state index is 0.593. The van der Waals surface area contributed by atoms with Crippen molar-refractivity contribution in [2.75, 3.05) is 26.2 Å². The molecule has 2 aliphatic heterocycles. The summed E-state index contributed by atoms with van der Waals surface area (Å²) in [5, 5.41) is 0. The summed E-state index contributed by atoms with van der Waals surface area (Å²) in [5.41, 5.74) is 1.32. The second-order valence-corrected chi connectivity index (χ2v) is 8.94. The zero-order valence-electron chi connectivity index (χ0n) is 13.1. The monoisotopic (exact) mass is 274 g/mol. The topological polar surface area (TPSA) is 6.48 Å². The third-order valence-electron chi connectivity index (χ3n) is 7.62. The van der Waals surface area contributed by atoms with Gasteiger partial charge in [-0.05, 0) is 55.3 Å². The predicted octanol–water partition coefficient (Wildman–Crippen LogP) is 3.13. The Balaban J connectivity index is 1.49. The molecule has 5 aliphatic rings. The highest BCUT2D eigenvalue weighted by Crippen LogP contribution is 2.62. The first kappa shape index (κ1) is 12.5. The lowest BCUT2D eigenvalue weighted by Crippen LogP contribution is -2.68. The van der Waals surface area contributed by atoms with Crippen molar-refractivity contribution in [3.63, 3.8) is 0 Å². The van der Waals surface area contributed by atoms with Gasteiger partial charge in [0, 0.05) is 38.3 Å². The molecule has 0 aromatic carbocycles. The van der Waals surface area contributed by atoms with Gasteiger partial charge in [-0.25, -0.2) is 0 Å². The molecule has 0 aromatic rings. The van der Waals surface area contributed by atoms with Crippen LogP contribution in [0.25, 0.3) is 0 Å². The zero-order chi connectivity index (χ0) is 13.4. The first-order chi connectivity index (χ1) is 9.70. The van der Waals surface area contributed by atoms with Crippen LogP contribution >= 0.6 is 0 Å². The van der Waals surface area contributed by atoms with Gasteiger partial charge in [-0.15, -0.1) is 0 Å². The van der Waals surface area contributed by atoms with Crippen LogP contribution in [0.15, 0.2) is 0 Å². The van der Waals surface area contributed by atoms with E-state index in [-0.39, 0.29) is 0 Å². The van der Waals surface area contributed by atoms with Crippen LogP contribution in [-0.4, -0.2) is 48.1 Å². The van der Waals surface area contributed by atoms with Crippen molar-refractivity contribution in [3.05, 3.63) is 0 Å². The van der Waals surface area contributed by atoms with Crippen LogP contribution in [0, 0.1) is 16.7 Å². The fourth-order valence-corrected chi connectivity index (χ4v) is 6.31. The maximum Gasteiger partial charge on any atom is 0.00967 e. The van der Waals surface area contributed by atoms with E-state index >= 15 is 0 Å². The Kier molecular flexibility index (Phi) is 2.50. The predicted molar refractivity (Wildman–Crippen MR) is 81.7 cm³/mol. The molecule has 0 aromatic heterocycles. The molecule has 3 saturated carbocycles. The van der Waals surface area contributed by atoms with E-state index in [1.54, 1.807) is 12.8 Å². The molecule has 2 bridgehead atoms. The van der Waals surface area contributed by atoms with E-state index in [0.717, 1.165) is 23.4 Å². The van der Waals surface area contributed by atoms with Crippen LogP contribution < -0.4 is 0 Å². The summed E-state index contributed by atoms with van der Waals surface area (Å²) in [6.07, 6.45) is 12.1. The van der Waals surface area contributed by atoms with Gasteiger partial charge < -0.3 is 0 Å². The Hall–Kier alpha value is -0.0800. The van der Waals surface area contributed by atoms with Crippen LogP contribution in [0.1, 0.15) is 58.3 Å². The Morgan fingerprint density at radius 2 is 1.30 bits per heavy atom. The third-order valence-corrected chi connectivity index (χ3v) is 7.62. The minimum Gasteiger partial charge on any atom is -0.299 e. The lowest BCUT2D eigenvalue weighted by atomic mass is 9.52. The molecule has 20 heavy (non-hydrogen) atoms. The average Bonchev–Trinajstić information content (AvgIpc) is 3.29. The number of rotatable bonds is 2. The van der Waals surface area contributed by atoms with Gasteiger partial charge >= 0.3 is 0 Å². The standard InChI is InChI=1S/C18H30N2/c1-17-12-19(15-4-5-15)10-14(18(17)8-2-3-9-18)11-20(13-17)16-6-7-16/h14-16H,2-13H2,1H3.